The van der Waals surface area contributed by atoms with Crippen molar-refractivity contribution in [3.05, 3.63) is 35.7 Å². The molecule has 4 nitrogen and oxygen atoms in total. The summed E-state index contributed by atoms with van der Waals surface area (Å²) in [5, 5.41) is 9.50. The van der Waals surface area contributed by atoms with Crippen LogP contribution in [0.3, 0.4) is 0 Å². The molecule has 0 bridgehead atoms. The van der Waals surface area contributed by atoms with Crippen LogP contribution in [0.2, 0.25) is 0 Å². The molecule has 0 radical (unpaired) electrons. The van der Waals surface area contributed by atoms with Gasteiger partial charge in [-0.15, -0.1) is 0 Å². The van der Waals surface area contributed by atoms with Crippen LogP contribution in [0, 0.1) is 5.92 Å². The molecule has 1 aliphatic carbocycles. The fourth-order valence-corrected chi connectivity index (χ4v) is 2.54. The van der Waals surface area contributed by atoms with Crippen molar-refractivity contribution in [3.63, 3.8) is 0 Å². The SMILES string of the molecule is NCC1CCc2nc(-c3cccc(O)c3)[nH]c2C1. The number of nitrogens with one attached hydrogen (secondary N) is 1. The third kappa shape index (κ3) is 1.99. The topological polar surface area (TPSA) is 74.9 Å². The first-order valence-corrected chi connectivity index (χ1v) is 6.33. The van der Waals surface area contributed by atoms with Gasteiger partial charge in [0.25, 0.3) is 0 Å². The molecule has 1 aromatic heterocycles. The maximum atomic E-state index is 9.50. The van der Waals surface area contributed by atoms with E-state index in [1.54, 1.807) is 12.1 Å². The summed E-state index contributed by atoms with van der Waals surface area (Å²) >= 11 is 0. The Balaban J connectivity index is 1.94. The number of phenolic OH excluding ortho intramolecular Hbond substituents is 1. The molecule has 1 aliphatic rings. The molecule has 1 heterocycles. The Labute approximate surface area is 106 Å². The molecule has 94 valence electrons. The smallest absolute Gasteiger partial charge is 0.137 e. The Morgan fingerprint density at radius 1 is 1.44 bits per heavy atom. The van der Waals surface area contributed by atoms with Crippen LogP contribution in [-0.2, 0) is 12.8 Å². The minimum atomic E-state index is 0.265. The van der Waals surface area contributed by atoms with E-state index < -0.39 is 0 Å². The highest BCUT2D eigenvalue weighted by Gasteiger charge is 2.21. The van der Waals surface area contributed by atoms with Gasteiger partial charge in [0, 0.05) is 11.3 Å². The zero-order valence-electron chi connectivity index (χ0n) is 10.2. The van der Waals surface area contributed by atoms with E-state index in [1.165, 1.54) is 5.69 Å². The van der Waals surface area contributed by atoms with Crippen LogP contribution in [0.25, 0.3) is 11.4 Å². The second-order valence-corrected chi connectivity index (χ2v) is 4.91. The van der Waals surface area contributed by atoms with Gasteiger partial charge in [-0.1, -0.05) is 12.1 Å². The van der Waals surface area contributed by atoms with E-state index in [0.717, 1.165) is 42.9 Å². The van der Waals surface area contributed by atoms with Crippen LogP contribution in [0.4, 0.5) is 0 Å². The Hall–Kier alpha value is -1.81. The van der Waals surface area contributed by atoms with Crippen LogP contribution in [0.15, 0.2) is 24.3 Å². The van der Waals surface area contributed by atoms with Gasteiger partial charge in [0.1, 0.15) is 11.6 Å². The van der Waals surface area contributed by atoms with Gasteiger partial charge in [-0.05, 0) is 43.9 Å². The number of benzene rings is 1. The minimum Gasteiger partial charge on any atom is -0.508 e. The van der Waals surface area contributed by atoms with Crippen molar-refractivity contribution in [1.82, 2.24) is 9.97 Å². The van der Waals surface area contributed by atoms with Gasteiger partial charge in [-0.2, -0.15) is 0 Å². The predicted molar refractivity (Wildman–Crippen MR) is 70.3 cm³/mol. The summed E-state index contributed by atoms with van der Waals surface area (Å²) in [5.41, 5.74) is 9.01. The molecule has 0 saturated carbocycles. The lowest BCUT2D eigenvalue weighted by Gasteiger charge is -2.18. The molecule has 1 aromatic carbocycles. The second-order valence-electron chi connectivity index (χ2n) is 4.91. The first kappa shape index (κ1) is 11.3. The number of aromatic hydroxyl groups is 1. The molecule has 4 N–H and O–H groups in total. The van der Waals surface area contributed by atoms with Gasteiger partial charge in [-0.25, -0.2) is 4.98 Å². The van der Waals surface area contributed by atoms with Crippen LogP contribution in [0.5, 0.6) is 5.75 Å². The number of aromatic nitrogens is 2. The van der Waals surface area contributed by atoms with Crippen LogP contribution in [0.1, 0.15) is 17.8 Å². The number of nitrogens with two attached hydrogens (primary N) is 1. The Kier molecular flexibility index (Phi) is 2.80. The third-order valence-electron chi connectivity index (χ3n) is 3.60. The molecule has 1 unspecified atom stereocenters. The van der Waals surface area contributed by atoms with Crippen LogP contribution in [-0.4, -0.2) is 21.6 Å². The Bertz CT molecular complexity index is 562. The van der Waals surface area contributed by atoms with Gasteiger partial charge >= 0.3 is 0 Å². The monoisotopic (exact) mass is 243 g/mol. The quantitative estimate of drug-likeness (QED) is 0.753. The number of nitrogens with zero attached hydrogens (tertiary/aromatic N) is 1. The lowest BCUT2D eigenvalue weighted by molar-refractivity contribution is 0.461. The van der Waals surface area contributed by atoms with Crippen molar-refractivity contribution in [1.29, 1.82) is 0 Å². The van der Waals surface area contributed by atoms with Crippen molar-refractivity contribution in [2.24, 2.45) is 11.7 Å². The largest absolute Gasteiger partial charge is 0.508 e. The van der Waals surface area contributed by atoms with Crippen molar-refractivity contribution >= 4 is 0 Å². The number of aryl methyl sites for hydroxylation is 1. The summed E-state index contributed by atoms with van der Waals surface area (Å²) in [5.74, 6) is 1.67. The molecular formula is C14H17N3O. The van der Waals surface area contributed by atoms with Gasteiger partial charge in [0.2, 0.25) is 0 Å². The van der Waals surface area contributed by atoms with E-state index in [2.05, 4.69) is 9.97 Å². The van der Waals surface area contributed by atoms with Gasteiger partial charge in [0.05, 0.1) is 5.69 Å². The normalized spacial score (nSPS) is 18.6. The Morgan fingerprint density at radius 3 is 3.11 bits per heavy atom. The number of rotatable bonds is 2. The van der Waals surface area contributed by atoms with E-state index >= 15 is 0 Å². The van der Waals surface area contributed by atoms with Crippen molar-refractivity contribution < 1.29 is 5.11 Å². The van der Waals surface area contributed by atoms with Gasteiger partial charge < -0.3 is 15.8 Å². The highest BCUT2D eigenvalue weighted by Crippen LogP contribution is 2.27. The van der Waals surface area contributed by atoms with Gasteiger partial charge in [0.15, 0.2) is 0 Å². The highest BCUT2D eigenvalue weighted by atomic mass is 16.3. The number of imidazole rings is 1. The molecule has 2 aromatic rings. The van der Waals surface area contributed by atoms with Crippen LogP contribution < -0.4 is 5.73 Å². The predicted octanol–water partition coefficient (Wildman–Crippen LogP) is 1.85. The van der Waals surface area contributed by atoms with Crippen molar-refractivity contribution in [2.45, 2.75) is 19.3 Å². The van der Waals surface area contributed by atoms with E-state index in [1.807, 2.05) is 12.1 Å². The average Bonchev–Trinajstić information content (AvgIpc) is 2.81. The molecule has 18 heavy (non-hydrogen) atoms. The summed E-state index contributed by atoms with van der Waals surface area (Å²) < 4.78 is 0. The number of hydrogen-bond acceptors (Lipinski definition) is 3. The summed E-state index contributed by atoms with van der Waals surface area (Å²) in [6, 6.07) is 7.17. The molecule has 1 atom stereocenters. The van der Waals surface area contributed by atoms with Crippen molar-refractivity contribution in [3.8, 4) is 17.1 Å². The molecule has 0 aliphatic heterocycles. The van der Waals surface area contributed by atoms with Crippen LogP contribution >= 0.6 is 0 Å². The summed E-state index contributed by atoms with van der Waals surface area (Å²) in [4.78, 5) is 7.99. The summed E-state index contributed by atoms with van der Waals surface area (Å²) in [7, 11) is 0. The number of aromatic amines is 1. The zero-order chi connectivity index (χ0) is 12.5. The maximum absolute atomic E-state index is 9.50. The van der Waals surface area contributed by atoms with Crippen molar-refractivity contribution in [2.75, 3.05) is 6.54 Å². The fraction of sp³-hybridized carbons (Fsp3) is 0.357. The van der Waals surface area contributed by atoms with E-state index in [0.29, 0.717) is 5.92 Å². The molecule has 0 saturated heterocycles. The molecule has 0 fully saturated rings. The minimum absolute atomic E-state index is 0.265. The molecular weight excluding hydrogens is 226 g/mol. The average molecular weight is 243 g/mol. The summed E-state index contributed by atoms with van der Waals surface area (Å²) in [6.07, 6.45) is 3.10. The maximum Gasteiger partial charge on any atom is 0.137 e. The lowest BCUT2D eigenvalue weighted by atomic mass is 9.90. The molecule has 0 spiro atoms. The first-order chi connectivity index (χ1) is 8.76. The number of H-pyrrole nitrogens is 1. The molecule has 4 heteroatoms. The standard InChI is InChI=1S/C14H17N3O/c15-8-9-4-5-12-13(6-9)17-14(16-12)10-2-1-3-11(18)7-10/h1-3,7,9,18H,4-6,8,15H2,(H,16,17). The van der Waals surface area contributed by atoms with E-state index in [-0.39, 0.29) is 5.75 Å². The number of phenols is 1. The van der Waals surface area contributed by atoms with E-state index in [4.69, 9.17) is 5.73 Å². The van der Waals surface area contributed by atoms with E-state index in [9.17, 15) is 5.11 Å². The summed E-state index contributed by atoms with van der Waals surface area (Å²) in [6.45, 7) is 0.736. The number of fused-ring (bicyclic) bond motifs is 1. The Morgan fingerprint density at radius 2 is 2.33 bits per heavy atom. The molecule has 0 amide bonds. The van der Waals surface area contributed by atoms with Gasteiger partial charge in [-0.3, -0.25) is 0 Å². The zero-order valence-corrected chi connectivity index (χ0v) is 10.2. The second kappa shape index (κ2) is 4.46. The number of hydrogen-bond donors (Lipinski definition) is 3. The lowest BCUT2D eigenvalue weighted by Crippen LogP contribution is -2.22. The highest BCUT2D eigenvalue weighted by molar-refractivity contribution is 5.58. The fourth-order valence-electron chi connectivity index (χ4n) is 2.54. The first-order valence-electron chi connectivity index (χ1n) is 6.33. The third-order valence-corrected chi connectivity index (χ3v) is 3.60. The molecule has 3 rings (SSSR count).